The highest BCUT2D eigenvalue weighted by molar-refractivity contribution is 7.92. The number of sulfonamides is 1. The molecule has 1 heterocycles. The zero-order valence-electron chi connectivity index (χ0n) is 17.2. The number of methoxy groups -OCH3 is 1. The van der Waals surface area contributed by atoms with Crippen molar-refractivity contribution in [2.45, 2.75) is 32.2 Å². The average molecular weight is 424 g/mol. The second kappa shape index (κ2) is 8.04. The number of nitrogens with zero attached hydrogens (tertiary/aromatic N) is 2. The highest BCUT2D eigenvalue weighted by atomic mass is 32.2. The van der Waals surface area contributed by atoms with Crippen molar-refractivity contribution in [1.29, 1.82) is 5.26 Å². The number of nitrogens with one attached hydrogen (secondary N) is 1. The highest BCUT2D eigenvalue weighted by Crippen LogP contribution is 2.38. The largest absolute Gasteiger partial charge is 0.497 e. The molecule has 0 atom stereocenters. The number of anilines is 1. The molecule has 0 amide bonds. The van der Waals surface area contributed by atoms with E-state index < -0.39 is 10.0 Å². The first-order chi connectivity index (χ1) is 14.4. The number of ether oxygens (including phenoxy) is 1. The quantitative estimate of drug-likeness (QED) is 0.620. The van der Waals surface area contributed by atoms with E-state index in [2.05, 4.69) is 15.4 Å². The molecule has 0 saturated heterocycles. The molecule has 1 N–H and O–H groups in total. The monoisotopic (exact) mass is 423 g/mol. The molecule has 156 valence electrons. The Balaban J connectivity index is 1.87. The van der Waals surface area contributed by atoms with Crippen LogP contribution in [0.1, 0.15) is 31.2 Å². The molecular formula is C23H25N3O3S. The van der Waals surface area contributed by atoms with E-state index in [1.165, 1.54) is 25.7 Å². The minimum atomic E-state index is -3.34. The molecule has 0 aliphatic heterocycles. The maximum absolute atomic E-state index is 11.5. The molecule has 1 aliphatic carbocycles. The molecule has 0 radical (unpaired) electrons. The molecule has 2 aromatic carbocycles. The first kappa shape index (κ1) is 20.3. The van der Waals surface area contributed by atoms with Gasteiger partial charge in [-0.1, -0.05) is 25.0 Å². The molecule has 0 bridgehead atoms. The summed E-state index contributed by atoms with van der Waals surface area (Å²) in [6, 6.07) is 15.4. The second-order valence-corrected chi connectivity index (χ2v) is 9.68. The van der Waals surface area contributed by atoms with Crippen LogP contribution in [0.2, 0.25) is 0 Å². The van der Waals surface area contributed by atoms with Gasteiger partial charge >= 0.3 is 0 Å². The van der Waals surface area contributed by atoms with Gasteiger partial charge in [-0.05, 0) is 48.6 Å². The van der Waals surface area contributed by atoms with Gasteiger partial charge in [0.25, 0.3) is 0 Å². The Labute approximate surface area is 177 Å². The van der Waals surface area contributed by atoms with Gasteiger partial charge in [-0.15, -0.1) is 0 Å². The van der Waals surface area contributed by atoms with Gasteiger partial charge in [-0.2, -0.15) is 5.26 Å². The van der Waals surface area contributed by atoms with E-state index in [4.69, 9.17) is 4.74 Å². The predicted molar refractivity (Wildman–Crippen MR) is 119 cm³/mol. The summed E-state index contributed by atoms with van der Waals surface area (Å²) in [7, 11) is -1.70. The Morgan fingerprint density at radius 2 is 1.87 bits per heavy atom. The fraction of sp³-hybridized carbons (Fsp3) is 0.348. The van der Waals surface area contributed by atoms with Crippen molar-refractivity contribution in [2.24, 2.45) is 5.92 Å². The van der Waals surface area contributed by atoms with Crippen molar-refractivity contribution in [2.75, 3.05) is 18.1 Å². The molecule has 4 rings (SSSR count). The fourth-order valence-corrected chi connectivity index (χ4v) is 4.98. The lowest BCUT2D eigenvalue weighted by atomic mass is 10.0. The zero-order chi connectivity index (χ0) is 21.3. The summed E-state index contributed by atoms with van der Waals surface area (Å²) in [5.74, 6) is 1.35. The van der Waals surface area contributed by atoms with E-state index >= 15 is 0 Å². The number of fused-ring (bicyclic) bond motifs is 1. The van der Waals surface area contributed by atoms with Crippen molar-refractivity contribution in [1.82, 2.24) is 4.57 Å². The maximum atomic E-state index is 11.5. The Morgan fingerprint density at radius 1 is 1.17 bits per heavy atom. The SMILES string of the molecule is COc1ccc2c(C#N)c(-c3ccc(NS(C)(=O)=O)cc3)n(CC3CCCC3)c2c1. The van der Waals surface area contributed by atoms with Crippen molar-refractivity contribution in [3.05, 3.63) is 48.0 Å². The maximum Gasteiger partial charge on any atom is 0.229 e. The van der Waals surface area contributed by atoms with Crippen LogP contribution in [-0.2, 0) is 16.6 Å². The molecule has 1 aliphatic rings. The van der Waals surface area contributed by atoms with Crippen molar-refractivity contribution in [3.8, 4) is 23.1 Å². The van der Waals surface area contributed by atoms with Crippen LogP contribution in [0.5, 0.6) is 5.75 Å². The van der Waals surface area contributed by atoms with Gasteiger partial charge in [0.1, 0.15) is 11.8 Å². The number of hydrogen-bond donors (Lipinski definition) is 1. The first-order valence-electron chi connectivity index (χ1n) is 10.1. The van der Waals surface area contributed by atoms with Crippen LogP contribution >= 0.6 is 0 Å². The molecule has 3 aromatic rings. The summed E-state index contributed by atoms with van der Waals surface area (Å²) < 4.78 is 33.2. The van der Waals surface area contributed by atoms with E-state index in [1.54, 1.807) is 19.2 Å². The molecule has 0 unspecified atom stereocenters. The van der Waals surface area contributed by atoms with Crippen molar-refractivity contribution < 1.29 is 13.2 Å². The van der Waals surface area contributed by atoms with E-state index in [0.717, 1.165) is 40.7 Å². The predicted octanol–water partition coefficient (Wildman–Crippen LogP) is 4.75. The topological polar surface area (TPSA) is 84.1 Å². The fourth-order valence-electron chi connectivity index (χ4n) is 4.42. The molecule has 0 spiro atoms. The minimum Gasteiger partial charge on any atom is -0.497 e. The van der Waals surface area contributed by atoms with Gasteiger partial charge in [0.05, 0.1) is 30.1 Å². The van der Waals surface area contributed by atoms with Crippen LogP contribution in [0.4, 0.5) is 5.69 Å². The molecule has 6 nitrogen and oxygen atoms in total. The van der Waals surface area contributed by atoms with Gasteiger partial charge in [-0.3, -0.25) is 4.72 Å². The van der Waals surface area contributed by atoms with E-state index in [-0.39, 0.29) is 0 Å². The Morgan fingerprint density at radius 3 is 2.47 bits per heavy atom. The summed E-state index contributed by atoms with van der Waals surface area (Å²) in [5, 5.41) is 10.9. The molecular weight excluding hydrogens is 398 g/mol. The van der Waals surface area contributed by atoms with Gasteiger partial charge in [0.15, 0.2) is 0 Å². The lowest BCUT2D eigenvalue weighted by molar-refractivity contribution is 0.415. The number of rotatable bonds is 6. The summed E-state index contributed by atoms with van der Waals surface area (Å²) in [6.45, 7) is 0.851. The lowest BCUT2D eigenvalue weighted by Crippen LogP contribution is -2.10. The van der Waals surface area contributed by atoms with Gasteiger partial charge < -0.3 is 9.30 Å². The lowest BCUT2D eigenvalue weighted by Gasteiger charge is -2.16. The Hall–Kier alpha value is -2.98. The van der Waals surface area contributed by atoms with E-state index in [1.807, 2.05) is 30.3 Å². The standard InChI is InChI=1S/C23H25N3O3S/c1-29-19-11-12-20-21(14-24)23(17-7-9-18(10-8-17)25-30(2,27)28)26(22(20)13-19)15-16-5-3-4-6-16/h7-13,16,25H,3-6,15H2,1-2H3. The van der Waals surface area contributed by atoms with Crippen molar-refractivity contribution in [3.63, 3.8) is 0 Å². The van der Waals surface area contributed by atoms with Crippen LogP contribution in [0, 0.1) is 17.2 Å². The van der Waals surface area contributed by atoms with Gasteiger partial charge in [-0.25, -0.2) is 8.42 Å². The highest BCUT2D eigenvalue weighted by Gasteiger charge is 2.23. The summed E-state index contributed by atoms with van der Waals surface area (Å²) in [5.41, 5.74) is 3.89. The minimum absolute atomic E-state index is 0.500. The normalized spacial score (nSPS) is 14.7. The van der Waals surface area contributed by atoms with Crippen LogP contribution in [0.25, 0.3) is 22.2 Å². The third-order valence-corrected chi connectivity index (χ3v) is 6.37. The van der Waals surface area contributed by atoms with Crippen LogP contribution in [0.15, 0.2) is 42.5 Å². The van der Waals surface area contributed by atoms with Gasteiger partial charge in [0.2, 0.25) is 10.0 Å². The average Bonchev–Trinajstić information content (AvgIpc) is 3.33. The third kappa shape index (κ3) is 4.01. The number of aromatic nitrogens is 1. The Kier molecular flexibility index (Phi) is 5.44. The van der Waals surface area contributed by atoms with E-state index in [9.17, 15) is 13.7 Å². The molecule has 30 heavy (non-hydrogen) atoms. The summed E-state index contributed by atoms with van der Waals surface area (Å²) in [4.78, 5) is 0. The van der Waals surface area contributed by atoms with Crippen LogP contribution in [0.3, 0.4) is 0 Å². The molecule has 1 aromatic heterocycles. The summed E-state index contributed by atoms with van der Waals surface area (Å²) >= 11 is 0. The number of nitriles is 1. The number of hydrogen-bond acceptors (Lipinski definition) is 4. The van der Waals surface area contributed by atoms with Gasteiger partial charge in [0, 0.05) is 23.7 Å². The van der Waals surface area contributed by atoms with Crippen molar-refractivity contribution >= 4 is 26.6 Å². The Bertz CT molecular complexity index is 1220. The zero-order valence-corrected chi connectivity index (χ0v) is 18.0. The van der Waals surface area contributed by atoms with Crippen LogP contribution in [-0.4, -0.2) is 26.4 Å². The molecule has 1 fully saturated rings. The second-order valence-electron chi connectivity index (χ2n) is 7.93. The van der Waals surface area contributed by atoms with E-state index in [0.29, 0.717) is 17.2 Å². The summed E-state index contributed by atoms with van der Waals surface area (Å²) in [6.07, 6.45) is 6.02. The number of benzene rings is 2. The first-order valence-corrected chi connectivity index (χ1v) is 12.0. The smallest absolute Gasteiger partial charge is 0.229 e. The molecule has 7 heteroatoms. The third-order valence-electron chi connectivity index (χ3n) is 5.76. The van der Waals surface area contributed by atoms with Crippen LogP contribution < -0.4 is 9.46 Å². The molecule has 1 saturated carbocycles.